The van der Waals surface area contributed by atoms with E-state index in [-0.39, 0.29) is 5.91 Å². The lowest BCUT2D eigenvalue weighted by atomic mass is 10.2. The van der Waals surface area contributed by atoms with Gasteiger partial charge in [0.2, 0.25) is 0 Å². The van der Waals surface area contributed by atoms with Crippen LogP contribution >= 0.6 is 11.3 Å². The third kappa shape index (κ3) is 2.88. The molecule has 0 saturated heterocycles. The minimum absolute atomic E-state index is 0.159. The highest BCUT2D eigenvalue weighted by Gasteiger charge is 2.17. The summed E-state index contributed by atoms with van der Waals surface area (Å²) in [5.41, 5.74) is 4.78. The summed E-state index contributed by atoms with van der Waals surface area (Å²) < 4.78 is 1.83. The van der Waals surface area contributed by atoms with Gasteiger partial charge in [0.05, 0.1) is 35.0 Å². The number of aryl methyl sites for hydroxylation is 2. The molecule has 1 aromatic carbocycles. The Morgan fingerprint density at radius 2 is 2.12 bits per heavy atom. The Hall–Kier alpha value is -3.00. The predicted molar refractivity (Wildman–Crippen MR) is 101 cm³/mol. The zero-order valence-electron chi connectivity index (χ0n) is 14.7. The number of hydrogen-bond donors (Lipinski definition) is 2. The molecule has 4 rings (SSSR count). The molecule has 0 atom stereocenters. The molecule has 3 aromatic heterocycles. The fourth-order valence-electron chi connectivity index (χ4n) is 2.92. The van der Waals surface area contributed by atoms with Gasteiger partial charge in [0, 0.05) is 12.7 Å². The van der Waals surface area contributed by atoms with Crippen molar-refractivity contribution in [2.75, 3.05) is 0 Å². The molecule has 3 heterocycles. The normalized spacial score (nSPS) is 11.2. The maximum Gasteiger partial charge on any atom is 0.263 e. The largest absolute Gasteiger partial charge is 0.344 e. The summed E-state index contributed by atoms with van der Waals surface area (Å²) in [6.07, 6.45) is 1.61. The summed E-state index contributed by atoms with van der Waals surface area (Å²) >= 11 is 1.37. The van der Waals surface area contributed by atoms with E-state index in [1.807, 2.05) is 49.8 Å². The molecule has 0 unspecified atom stereocenters. The lowest BCUT2D eigenvalue weighted by Gasteiger charge is -2.00. The third-order valence-corrected chi connectivity index (χ3v) is 5.32. The van der Waals surface area contributed by atoms with Gasteiger partial charge >= 0.3 is 0 Å². The fourth-order valence-corrected chi connectivity index (χ4v) is 3.90. The molecule has 0 spiro atoms. The van der Waals surface area contributed by atoms with Crippen LogP contribution in [0.15, 0.2) is 30.5 Å². The zero-order chi connectivity index (χ0) is 18.3. The quantitative estimate of drug-likeness (QED) is 0.581. The number of imidazole rings is 1. The Bertz CT molecular complexity index is 1070. The molecule has 0 aliphatic heterocycles. The summed E-state index contributed by atoms with van der Waals surface area (Å²) in [4.78, 5) is 25.1. The number of para-hydroxylation sites is 2. The number of thiazole rings is 1. The number of H-pyrrole nitrogens is 1. The van der Waals surface area contributed by atoms with E-state index in [1.165, 1.54) is 11.3 Å². The minimum atomic E-state index is -0.159. The Balaban J connectivity index is 1.49. The number of fused-ring (bicyclic) bond motifs is 1. The monoisotopic (exact) mass is 366 g/mol. The van der Waals surface area contributed by atoms with Gasteiger partial charge in [-0.05, 0) is 26.0 Å². The van der Waals surface area contributed by atoms with Crippen LogP contribution in [0.5, 0.6) is 0 Å². The predicted octanol–water partition coefficient (Wildman–Crippen LogP) is 2.97. The number of benzene rings is 1. The van der Waals surface area contributed by atoms with Gasteiger partial charge in [-0.15, -0.1) is 11.3 Å². The molecule has 26 heavy (non-hydrogen) atoms. The van der Waals surface area contributed by atoms with Crippen molar-refractivity contribution in [3.63, 3.8) is 0 Å². The molecule has 2 N–H and O–H groups in total. The van der Waals surface area contributed by atoms with E-state index in [0.29, 0.717) is 11.4 Å². The first kappa shape index (κ1) is 16.5. The molecule has 0 aliphatic rings. The third-order valence-electron chi connectivity index (χ3n) is 4.31. The first-order chi connectivity index (χ1) is 12.5. The maximum atomic E-state index is 12.4. The Labute approximate surface area is 154 Å². The molecule has 7 nitrogen and oxygen atoms in total. The average Bonchev–Trinajstić information content (AvgIpc) is 3.31. The van der Waals surface area contributed by atoms with E-state index < -0.39 is 0 Å². The molecule has 0 bridgehead atoms. The molecule has 0 radical (unpaired) electrons. The fraction of sp³-hybridized carbons (Fsp3) is 0.222. The van der Waals surface area contributed by atoms with Gasteiger partial charge in [0.25, 0.3) is 5.91 Å². The second kappa shape index (κ2) is 6.38. The second-order valence-corrected chi connectivity index (χ2v) is 7.11. The number of rotatable bonds is 4. The highest BCUT2D eigenvalue weighted by Crippen LogP contribution is 2.30. The smallest absolute Gasteiger partial charge is 0.263 e. The second-order valence-electron chi connectivity index (χ2n) is 6.08. The Kier molecular flexibility index (Phi) is 4.04. The lowest BCUT2D eigenvalue weighted by molar-refractivity contribution is 0.0954. The van der Waals surface area contributed by atoms with Crippen LogP contribution in [0, 0.1) is 13.8 Å². The number of hydrogen-bond acceptors (Lipinski definition) is 5. The van der Waals surface area contributed by atoms with E-state index in [4.69, 9.17) is 0 Å². The van der Waals surface area contributed by atoms with Crippen LogP contribution in [0.1, 0.15) is 26.9 Å². The average molecular weight is 366 g/mol. The minimum Gasteiger partial charge on any atom is -0.344 e. The molecule has 4 aromatic rings. The molecule has 0 aliphatic carbocycles. The van der Waals surface area contributed by atoms with Crippen molar-refractivity contribution in [3.05, 3.63) is 52.6 Å². The number of amides is 1. The maximum absolute atomic E-state index is 12.4. The van der Waals surface area contributed by atoms with E-state index in [9.17, 15) is 4.79 Å². The number of carbonyl (C=O) groups excluding carboxylic acids is 1. The van der Waals surface area contributed by atoms with Crippen molar-refractivity contribution in [2.45, 2.75) is 20.4 Å². The molecule has 8 heteroatoms. The summed E-state index contributed by atoms with van der Waals surface area (Å²) in [6.45, 7) is 4.29. The number of nitrogens with one attached hydrogen (secondary N) is 2. The first-order valence-corrected chi connectivity index (χ1v) is 9.03. The number of nitrogens with zero attached hydrogens (tertiary/aromatic N) is 4. The zero-order valence-corrected chi connectivity index (χ0v) is 15.5. The van der Waals surface area contributed by atoms with Gasteiger partial charge in [-0.25, -0.2) is 9.97 Å². The lowest BCUT2D eigenvalue weighted by Crippen LogP contribution is -2.22. The van der Waals surface area contributed by atoms with Crippen molar-refractivity contribution >= 4 is 28.3 Å². The summed E-state index contributed by atoms with van der Waals surface area (Å²) in [5.74, 6) is 0.566. The highest BCUT2D eigenvalue weighted by molar-refractivity contribution is 7.16. The first-order valence-electron chi connectivity index (χ1n) is 8.21. The van der Waals surface area contributed by atoms with Crippen LogP contribution < -0.4 is 5.32 Å². The molecule has 0 saturated carbocycles. The molecule has 1 amide bonds. The molecular formula is C18H18N6OS. The van der Waals surface area contributed by atoms with Crippen LogP contribution in [0.3, 0.4) is 0 Å². The number of carbonyl (C=O) groups is 1. The van der Waals surface area contributed by atoms with Gasteiger partial charge in [-0.1, -0.05) is 12.1 Å². The van der Waals surface area contributed by atoms with E-state index >= 15 is 0 Å². The van der Waals surface area contributed by atoms with Gasteiger partial charge in [-0.3, -0.25) is 9.48 Å². The molecule has 0 fully saturated rings. The van der Waals surface area contributed by atoms with Crippen molar-refractivity contribution in [1.82, 2.24) is 30.0 Å². The van der Waals surface area contributed by atoms with Crippen molar-refractivity contribution in [3.8, 4) is 10.6 Å². The summed E-state index contributed by atoms with van der Waals surface area (Å²) in [7, 11) is 1.90. The SMILES string of the molecule is Cc1nn(C)c(C)c1-c1ncc(C(=O)NCc2nc3ccccc3[nH]2)s1. The van der Waals surface area contributed by atoms with Gasteiger partial charge in [0.1, 0.15) is 15.7 Å². The topological polar surface area (TPSA) is 88.5 Å². The number of aromatic amines is 1. The van der Waals surface area contributed by atoms with Crippen LogP contribution in [-0.4, -0.2) is 30.6 Å². The van der Waals surface area contributed by atoms with Crippen LogP contribution in [-0.2, 0) is 13.6 Å². The van der Waals surface area contributed by atoms with Crippen molar-refractivity contribution < 1.29 is 4.79 Å². The Morgan fingerprint density at radius 3 is 2.85 bits per heavy atom. The molecular weight excluding hydrogens is 348 g/mol. The van der Waals surface area contributed by atoms with E-state index in [0.717, 1.165) is 38.8 Å². The summed E-state index contributed by atoms with van der Waals surface area (Å²) in [6, 6.07) is 7.78. The Morgan fingerprint density at radius 1 is 1.31 bits per heavy atom. The highest BCUT2D eigenvalue weighted by atomic mass is 32.1. The standard InChI is InChI=1S/C18H18N6OS/c1-10-16(11(2)24(3)23-10)18-20-8-14(26-18)17(25)19-9-15-21-12-6-4-5-7-13(12)22-15/h4-8H,9H2,1-3H3,(H,19,25)(H,21,22). The van der Waals surface area contributed by atoms with Gasteiger partial charge in [0.15, 0.2) is 0 Å². The van der Waals surface area contributed by atoms with Crippen LogP contribution in [0.2, 0.25) is 0 Å². The van der Waals surface area contributed by atoms with Gasteiger partial charge in [-0.2, -0.15) is 5.10 Å². The van der Waals surface area contributed by atoms with Crippen LogP contribution in [0.25, 0.3) is 21.6 Å². The van der Waals surface area contributed by atoms with E-state index in [1.54, 1.807) is 6.20 Å². The summed E-state index contributed by atoms with van der Waals surface area (Å²) in [5, 5.41) is 8.11. The van der Waals surface area contributed by atoms with E-state index in [2.05, 4.69) is 25.4 Å². The van der Waals surface area contributed by atoms with Crippen LogP contribution in [0.4, 0.5) is 0 Å². The number of aromatic nitrogens is 5. The van der Waals surface area contributed by atoms with Crippen molar-refractivity contribution in [1.29, 1.82) is 0 Å². The molecule has 132 valence electrons. The van der Waals surface area contributed by atoms with Gasteiger partial charge < -0.3 is 10.3 Å². The van der Waals surface area contributed by atoms with Crippen molar-refractivity contribution in [2.24, 2.45) is 7.05 Å².